The van der Waals surface area contributed by atoms with Crippen LogP contribution in [0, 0.1) is 12.3 Å². The molecule has 1 aromatic heterocycles. The van der Waals surface area contributed by atoms with Gasteiger partial charge in [0.2, 0.25) is 5.78 Å². The Hall–Kier alpha value is -3.34. The molecule has 0 saturated carbocycles. The van der Waals surface area contributed by atoms with Crippen LogP contribution in [0.3, 0.4) is 0 Å². The molecule has 0 atom stereocenters. The summed E-state index contributed by atoms with van der Waals surface area (Å²) in [7, 11) is 1.97. The van der Waals surface area contributed by atoms with Crippen LogP contribution in [0.25, 0.3) is 17.0 Å². The molecule has 2 aromatic carbocycles. The molecule has 0 aliphatic carbocycles. The van der Waals surface area contributed by atoms with Crippen molar-refractivity contribution in [1.82, 2.24) is 4.57 Å². The molecule has 0 N–H and O–H groups in total. The predicted molar refractivity (Wildman–Crippen MR) is 112 cm³/mol. The lowest BCUT2D eigenvalue weighted by molar-refractivity contribution is -0.143. The number of rotatable bonds is 2. The van der Waals surface area contributed by atoms with E-state index in [-0.39, 0.29) is 17.5 Å². The average Bonchev–Trinajstić information content (AvgIpc) is 3.12. The lowest BCUT2D eigenvalue weighted by Gasteiger charge is -2.16. The molecule has 2 heterocycles. The van der Waals surface area contributed by atoms with Gasteiger partial charge in [0.25, 0.3) is 0 Å². The van der Waals surface area contributed by atoms with Crippen LogP contribution in [-0.4, -0.2) is 16.3 Å². The molecule has 148 valence electrons. The molecule has 3 aromatic rings. The van der Waals surface area contributed by atoms with E-state index in [0.717, 1.165) is 16.5 Å². The summed E-state index contributed by atoms with van der Waals surface area (Å²) in [5.74, 6) is 0.546. The highest BCUT2D eigenvalue weighted by atomic mass is 16.5. The number of Topliss-reactive ketones (excluding diaryl/α,β-unsaturated/α-hetero) is 1. The molecule has 5 nitrogen and oxygen atoms in total. The largest absolute Gasteiger partial charge is 0.452 e. The highest BCUT2D eigenvalue weighted by Gasteiger charge is 2.31. The molecule has 0 amide bonds. The van der Waals surface area contributed by atoms with Crippen LogP contribution < -0.4 is 9.47 Å². The molecule has 1 aliphatic heterocycles. The van der Waals surface area contributed by atoms with E-state index >= 15 is 0 Å². The zero-order chi connectivity index (χ0) is 20.9. The molecule has 5 heteroatoms. The normalized spacial score (nSPS) is 14.9. The third-order valence-electron chi connectivity index (χ3n) is 4.98. The lowest BCUT2D eigenvalue weighted by atomic mass is 9.97. The highest BCUT2D eigenvalue weighted by molar-refractivity contribution is 6.16. The van der Waals surface area contributed by atoms with E-state index in [1.807, 2.05) is 49.0 Å². The number of carbonyl (C=O) groups excluding carboxylic acids is 2. The Morgan fingerprint density at radius 3 is 2.62 bits per heavy atom. The SMILES string of the molecule is Cc1cc(OC(=O)C(C)(C)C)cc2c1C(=O)/C(=C/c1cn(C)c3ccccc13)O2. The number of ketones is 1. The summed E-state index contributed by atoms with van der Waals surface area (Å²) >= 11 is 0. The first-order valence-electron chi connectivity index (χ1n) is 9.50. The zero-order valence-corrected chi connectivity index (χ0v) is 17.2. The van der Waals surface area contributed by atoms with E-state index < -0.39 is 5.41 Å². The first kappa shape index (κ1) is 19.0. The second kappa shape index (κ2) is 6.62. The fourth-order valence-corrected chi connectivity index (χ4v) is 3.43. The fourth-order valence-electron chi connectivity index (χ4n) is 3.43. The second-order valence-corrected chi connectivity index (χ2v) is 8.41. The number of aryl methyl sites for hydroxylation is 2. The van der Waals surface area contributed by atoms with E-state index in [9.17, 15) is 9.59 Å². The van der Waals surface area contributed by atoms with Gasteiger partial charge in [0, 0.05) is 35.8 Å². The Balaban J connectivity index is 1.70. The van der Waals surface area contributed by atoms with Crippen molar-refractivity contribution < 1.29 is 19.1 Å². The number of ether oxygens (including phenoxy) is 2. The van der Waals surface area contributed by atoms with Crippen LogP contribution in [0.15, 0.2) is 48.4 Å². The van der Waals surface area contributed by atoms with E-state index in [1.165, 1.54) is 0 Å². The summed E-state index contributed by atoms with van der Waals surface area (Å²) < 4.78 is 13.4. The van der Waals surface area contributed by atoms with Gasteiger partial charge in [-0.25, -0.2) is 0 Å². The first-order valence-corrected chi connectivity index (χ1v) is 9.50. The van der Waals surface area contributed by atoms with Crippen molar-refractivity contribution in [2.45, 2.75) is 27.7 Å². The van der Waals surface area contributed by atoms with E-state index in [0.29, 0.717) is 22.6 Å². The number of benzene rings is 2. The minimum Gasteiger partial charge on any atom is -0.452 e. The van der Waals surface area contributed by atoms with Crippen molar-refractivity contribution in [3.05, 3.63) is 65.0 Å². The minimum absolute atomic E-state index is 0.167. The quantitative estimate of drug-likeness (QED) is 0.349. The van der Waals surface area contributed by atoms with Crippen LogP contribution in [0.5, 0.6) is 11.5 Å². The van der Waals surface area contributed by atoms with Crippen molar-refractivity contribution in [3.63, 3.8) is 0 Å². The number of carbonyl (C=O) groups is 2. The predicted octanol–water partition coefficient (Wildman–Crippen LogP) is 5.05. The van der Waals surface area contributed by atoms with Crippen LogP contribution in [-0.2, 0) is 11.8 Å². The molecule has 0 bridgehead atoms. The van der Waals surface area contributed by atoms with Gasteiger partial charge in [0.1, 0.15) is 11.5 Å². The molecule has 0 radical (unpaired) electrons. The lowest BCUT2D eigenvalue weighted by Crippen LogP contribution is -2.25. The molecule has 0 spiro atoms. The van der Waals surface area contributed by atoms with Crippen LogP contribution in [0.2, 0.25) is 0 Å². The molecule has 0 fully saturated rings. The molecular weight excluding hydrogens is 366 g/mol. The Morgan fingerprint density at radius 1 is 1.17 bits per heavy atom. The summed E-state index contributed by atoms with van der Waals surface area (Å²) in [5, 5.41) is 1.05. The first-order chi connectivity index (χ1) is 13.6. The smallest absolute Gasteiger partial charge is 0.316 e. The van der Waals surface area contributed by atoms with Gasteiger partial charge in [-0.3, -0.25) is 9.59 Å². The van der Waals surface area contributed by atoms with Crippen molar-refractivity contribution >= 4 is 28.7 Å². The fraction of sp³-hybridized carbons (Fsp3) is 0.250. The Morgan fingerprint density at radius 2 is 1.90 bits per heavy atom. The molecular formula is C24H23NO4. The monoisotopic (exact) mass is 389 g/mol. The van der Waals surface area contributed by atoms with Gasteiger partial charge in [-0.05, 0) is 51.5 Å². The summed E-state index contributed by atoms with van der Waals surface area (Å²) in [4.78, 5) is 25.1. The van der Waals surface area contributed by atoms with Crippen molar-refractivity contribution in [1.29, 1.82) is 0 Å². The molecule has 4 rings (SSSR count). The van der Waals surface area contributed by atoms with Crippen molar-refractivity contribution in [3.8, 4) is 11.5 Å². The summed E-state index contributed by atoms with van der Waals surface area (Å²) in [5.41, 5.74) is 2.59. The maximum atomic E-state index is 12.9. The molecule has 29 heavy (non-hydrogen) atoms. The van der Waals surface area contributed by atoms with Gasteiger partial charge in [-0.1, -0.05) is 18.2 Å². The standard InChI is InChI=1S/C24H23NO4/c1-14-10-16(28-23(27)24(2,3)4)12-19-21(14)22(26)20(29-19)11-15-13-25(5)18-9-7-6-8-17(15)18/h6-13H,1-5H3/b20-11-. The van der Waals surface area contributed by atoms with Crippen molar-refractivity contribution in [2.24, 2.45) is 12.5 Å². The van der Waals surface area contributed by atoms with Crippen LogP contribution >= 0.6 is 0 Å². The van der Waals surface area contributed by atoms with E-state index in [1.54, 1.807) is 39.0 Å². The van der Waals surface area contributed by atoms with Gasteiger partial charge in [-0.15, -0.1) is 0 Å². The number of para-hydroxylation sites is 1. The molecule has 0 unspecified atom stereocenters. The summed E-state index contributed by atoms with van der Waals surface area (Å²) in [6, 6.07) is 11.3. The van der Waals surface area contributed by atoms with Gasteiger partial charge in [0.05, 0.1) is 11.0 Å². The van der Waals surface area contributed by atoms with Crippen LogP contribution in [0.4, 0.5) is 0 Å². The second-order valence-electron chi connectivity index (χ2n) is 8.41. The summed E-state index contributed by atoms with van der Waals surface area (Å²) in [6.45, 7) is 7.19. The van der Waals surface area contributed by atoms with E-state index in [2.05, 4.69) is 0 Å². The van der Waals surface area contributed by atoms with Crippen molar-refractivity contribution in [2.75, 3.05) is 0 Å². The van der Waals surface area contributed by atoms with Gasteiger partial charge in [0.15, 0.2) is 5.76 Å². The number of nitrogens with zero attached hydrogens (tertiary/aromatic N) is 1. The number of allylic oxidation sites excluding steroid dienone is 1. The molecule has 1 aliphatic rings. The Labute approximate surface area is 169 Å². The Bertz CT molecular complexity index is 1190. The number of aromatic nitrogens is 1. The number of hydrogen-bond acceptors (Lipinski definition) is 4. The number of fused-ring (bicyclic) bond motifs is 2. The zero-order valence-electron chi connectivity index (χ0n) is 17.2. The maximum Gasteiger partial charge on any atom is 0.316 e. The average molecular weight is 389 g/mol. The maximum absolute atomic E-state index is 12.9. The topological polar surface area (TPSA) is 57.5 Å². The van der Waals surface area contributed by atoms with E-state index in [4.69, 9.17) is 9.47 Å². The number of esters is 1. The van der Waals surface area contributed by atoms with Gasteiger partial charge >= 0.3 is 5.97 Å². The summed E-state index contributed by atoms with van der Waals surface area (Å²) in [6.07, 6.45) is 3.74. The minimum atomic E-state index is -0.622. The molecule has 0 saturated heterocycles. The van der Waals surface area contributed by atoms with Gasteiger partial charge in [-0.2, -0.15) is 0 Å². The third-order valence-corrected chi connectivity index (χ3v) is 4.98. The van der Waals surface area contributed by atoms with Crippen LogP contribution in [0.1, 0.15) is 42.3 Å². The highest BCUT2D eigenvalue weighted by Crippen LogP contribution is 2.38. The Kier molecular flexibility index (Phi) is 4.34. The van der Waals surface area contributed by atoms with Gasteiger partial charge < -0.3 is 14.0 Å². The number of hydrogen-bond donors (Lipinski definition) is 0. The third kappa shape index (κ3) is 3.33.